The molecule has 2 rings (SSSR count). The Kier molecular flexibility index (Phi) is 3.94. The Morgan fingerprint density at radius 3 is 2.65 bits per heavy atom. The first kappa shape index (κ1) is 14.7. The average Bonchev–Trinajstić information content (AvgIpc) is 2.76. The number of nitrogens with zero attached hydrogens (tertiary/aromatic N) is 1. The minimum atomic E-state index is -3.17. The molecular formula is C12H15FN2O4S. The highest BCUT2D eigenvalue weighted by atomic mass is 32.2. The van der Waals surface area contributed by atoms with Crippen molar-refractivity contribution in [1.82, 2.24) is 0 Å². The molecular weight excluding hydrogens is 287 g/mol. The molecule has 0 saturated heterocycles. The van der Waals surface area contributed by atoms with Gasteiger partial charge in [-0.15, -0.1) is 0 Å². The predicted octanol–water partition coefficient (Wildman–Crippen LogP) is 2.11. The van der Waals surface area contributed by atoms with Crippen LogP contribution in [0.15, 0.2) is 18.2 Å². The number of anilines is 1. The SMILES string of the molecule is CS(=O)(=O)C1CCCC1Nc1ccc([N+](=O)[O-])c(F)c1. The van der Waals surface area contributed by atoms with E-state index < -0.39 is 31.5 Å². The molecule has 1 aromatic carbocycles. The van der Waals surface area contributed by atoms with E-state index in [1.165, 1.54) is 12.3 Å². The summed E-state index contributed by atoms with van der Waals surface area (Å²) in [5, 5.41) is 13.0. The number of nitrogens with one attached hydrogen (secondary N) is 1. The van der Waals surface area contributed by atoms with Crippen LogP contribution < -0.4 is 5.32 Å². The van der Waals surface area contributed by atoms with Gasteiger partial charge in [0.1, 0.15) is 0 Å². The molecule has 0 spiro atoms. The normalized spacial score (nSPS) is 22.7. The number of nitro benzene ring substituents is 1. The summed E-state index contributed by atoms with van der Waals surface area (Å²) < 4.78 is 36.8. The standard InChI is InChI=1S/C12H15FN2O4S/c1-20(18,19)12-4-2-3-10(12)14-8-5-6-11(15(16)17)9(13)7-8/h5-7,10,12,14H,2-4H2,1H3. The Morgan fingerprint density at radius 1 is 1.40 bits per heavy atom. The summed E-state index contributed by atoms with van der Waals surface area (Å²) in [5.74, 6) is -0.936. The molecule has 0 amide bonds. The molecule has 0 heterocycles. The second-order valence-corrected chi connectivity index (χ2v) is 7.24. The highest BCUT2D eigenvalue weighted by Crippen LogP contribution is 2.29. The predicted molar refractivity (Wildman–Crippen MR) is 72.9 cm³/mol. The van der Waals surface area contributed by atoms with Gasteiger partial charge in [0.25, 0.3) is 0 Å². The molecule has 6 nitrogen and oxygen atoms in total. The number of halogens is 1. The highest BCUT2D eigenvalue weighted by molar-refractivity contribution is 7.91. The molecule has 1 aliphatic carbocycles. The van der Waals surface area contributed by atoms with Crippen LogP contribution in [0.5, 0.6) is 0 Å². The molecule has 0 radical (unpaired) electrons. The molecule has 8 heteroatoms. The minimum Gasteiger partial charge on any atom is -0.381 e. The van der Waals surface area contributed by atoms with Gasteiger partial charge in [-0.1, -0.05) is 0 Å². The Balaban J connectivity index is 2.18. The van der Waals surface area contributed by atoms with Crippen LogP contribution in [-0.4, -0.2) is 30.9 Å². The summed E-state index contributed by atoms with van der Waals surface area (Å²) in [6.45, 7) is 0. The van der Waals surface area contributed by atoms with Gasteiger partial charge in [-0.3, -0.25) is 10.1 Å². The van der Waals surface area contributed by atoms with Crippen molar-refractivity contribution >= 4 is 21.2 Å². The summed E-state index contributed by atoms with van der Waals surface area (Å²) in [7, 11) is -3.17. The van der Waals surface area contributed by atoms with Crippen LogP contribution >= 0.6 is 0 Å². The lowest BCUT2D eigenvalue weighted by molar-refractivity contribution is -0.387. The van der Waals surface area contributed by atoms with Gasteiger partial charge in [0.15, 0.2) is 9.84 Å². The van der Waals surface area contributed by atoms with Crippen molar-refractivity contribution in [2.75, 3.05) is 11.6 Å². The molecule has 1 aromatic rings. The largest absolute Gasteiger partial charge is 0.381 e. The van der Waals surface area contributed by atoms with E-state index in [-0.39, 0.29) is 6.04 Å². The first-order chi connectivity index (χ1) is 9.29. The lowest BCUT2D eigenvalue weighted by Gasteiger charge is -2.20. The summed E-state index contributed by atoms with van der Waals surface area (Å²) >= 11 is 0. The number of hydrogen-bond donors (Lipinski definition) is 1. The maximum Gasteiger partial charge on any atom is 0.304 e. The van der Waals surface area contributed by atoms with Gasteiger partial charge in [-0.25, -0.2) is 8.42 Å². The molecule has 1 saturated carbocycles. The van der Waals surface area contributed by atoms with Gasteiger partial charge in [-0.05, 0) is 25.3 Å². The third kappa shape index (κ3) is 3.06. The van der Waals surface area contributed by atoms with Crippen molar-refractivity contribution in [3.63, 3.8) is 0 Å². The van der Waals surface area contributed by atoms with Crippen molar-refractivity contribution in [3.8, 4) is 0 Å². The molecule has 1 aliphatic rings. The summed E-state index contributed by atoms with van der Waals surface area (Å²) in [6.07, 6.45) is 3.22. The Labute approximate surface area is 116 Å². The Morgan fingerprint density at radius 2 is 2.10 bits per heavy atom. The maximum absolute atomic E-state index is 13.5. The average molecular weight is 302 g/mol. The number of nitro groups is 1. The van der Waals surface area contributed by atoms with Crippen LogP contribution in [-0.2, 0) is 9.84 Å². The van der Waals surface area contributed by atoms with Crippen molar-refractivity contribution in [3.05, 3.63) is 34.1 Å². The van der Waals surface area contributed by atoms with Crippen LogP contribution in [0, 0.1) is 15.9 Å². The van der Waals surface area contributed by atoms with Crippen LogP contribution in [0.4, 0.5) is 15.8 Å². The van der Waals surface area contributed by atoms with E-state index in [0.717, 1.165) is 18.6 Å². The van der Waals surface area contributed by atoms with Gasteiger partial charge >= 0.3 is 5.69 Å². The monoisotopic (exact) mass is 302 g/mol. The van der Waals surface area contributed by atoms with Crippen LogP contribution in [0.3, 0.4) is 0 Å². The summed E-state index contributed by atoms with van der Waals surface area (Å²) in [5.41, 5.74) is -0.240. The van der Waals surface area contributed by atoms with E-state index in [9.17, 15) is 22.9 Å². The molecule has 110 valence electrons. The van der Waals surface area contributed by atoms with E-state index >= 15 is 0 Å². The molecule has 2 unspecified atom stereocenters. The summed E-state index contributed by atoms with van der Waals surface area (Å²) in [6, 6.07) is 3.20. The van der Waals surface area contributed by atoms with E-state index in [1.807, 2.05) is 0 Å². The molecule has 1 N–H and O–H groups in total. The fraction of sp³-hybridized carbons (Fsp3) is 0.500. The van der Waals surface area contributed by atoms with Gasteiger partial charge in [-0.2, -0.15) is 4.39 Å². The zero-order chi connectivity index (χ0) is 14.9. The molecule has 0 aromatic heterocycles. The van der Waals surface area contributed by atoms with E-state index in [4.69, 9.17) is 0 Å². The number of rotatable bonds is 4. The Bertz CT molecular complexity index is 632. The molecule has 0 aliphatic heterocycles. The van der Waals surface area contributed by atoms with Gasteiger partial charge in [0.2, 0.25) is 5.82 Å². The number of hydrogen-bond acceptors (Lipinski definition) is 5. The second-order valence-electron chi connectivity index (χ2n) is 4.97. The zero-order valence-electron chi connectivity index (χ0n) is 10.9. The smallest absolute Gasteiger partial charge is 0.304 e. The third-order valence-electron chi connectivity index (χ3n) is 3.50. The van der Waals surface area contributed by atoms with E-state index in [2.05, 4.69) is 5.32 Å². The van der Waals surface area contributed by atoms with Crippen LogP contribution in [0.2, 0.25) is 0 Å². The quantitative estimate of drug-likeness (QED) is 0.679. The first-order valence-electron chi connectivity index (χ1n) is 6.18. The molecule has 20 heavy (non-hydrogen) atoms. The topological polar surface area (TPSA) is 89.3 Å². The van der Waals surface area contributed by atoms with E-state index in [0.29, 0.717) is 18.5 Å². The lowest BCUT2D eigenvalue weighted by Crippen LogP contribution is -2.34. The second kappa shape index (κ2) is 5.35. The van der Waals surface area contributed by atoms with E-state index in [1.54, 1.807) is 0 Å². The lowest BCUT2D eigenvalue weighted by atomic mass is 10.2. The van der Waals surface area contributed by atoms with Crippen molar-refractivity contribution in [1.29, 1.82) is 0 Å². The van der Waals surface area contributed by atoms with Gasteiger partial charge < -0.3 is 5.32 Å². The Hall–Kier alpha value is -1.70. The first-order valence-corrected chi connectivity index (χ1v) is 8.14. The molecule has 0 bridgehead atoms. The van der Waals surface area contributed by atoms with Crippen molar-refractivity contribution in [2.24, 2.45) is 0 Å². The maximum atomic E-state index is 13.5. The zero-order valence-corrected chi connectivity index (χ0v) is 11.7. The van der Waals surface area contributed by atoms with Crippen molar-refractivity contribution < 1.29 is 17.7 Å². The summed E-state index contributed by atoms with van der Waals surface area (Å²) in [4.78, 5) is 9.73. The molecule has 2 atom stereocenters. The third-order valence-corrected chi connectivity index (χ3v) is 5.16. The highest BCUT2D eigenvalue weighted by Gasteiger charge is 2.34. The number of sulfone groups is 1. The fourth-order valence-corrected chi connectivity index (χ4v) is 3.96. The van der Waals surface area contributed by atoms with Gasteiger partial charge in [0, 0.05) is 30.1 Å². The van der Waals surface area contributed by atoms with Gasteiger partial charge in [0.05, 0.1) is 10.2 Å². The number of benzene rings is 1. The molecule has 1 fully saturated rings. The fourth-order valence-electron chi connectivity index (χ4n) is 2.56. The minimum absolute atomic E-state index is 0.286. The van der Waals surface area contributed by atoms with Crippen LogP contribution in [0.1, 0.15) is 19.3 Å². The van der Waals surface area contributed by atoms with Crippen LogP contribution in [0.25, 0.3) is 0 Å². The van der Waals surface area contributed by atoms with Crippen molar-refractivity contribution in [2.45, 2.75) is 30.6 Å².